The van der Waals surface area contributed by atoms with Gasteiger partial charge in [0, 0.05) is 30.5 Å². The number of fused-ring (bicyclic) bond motifs is 1. The smallest absolute Gasteiger partial charge is 0.343 e. The molecule has 4 rings (SSSR count). The van der Waals surface area contributed by atoms with E-state index in [1.807, 2.05) is 13.8 Å². The van der Waals surface area contributed by atoms with Crippen molar-refractivity contribution in [2.24, 2.45) is 0 Å². The van der Waals surface area contributed by atoms with E-state index in [0.29, 0.717) is 24.2 Å². The number of rotatable bonds is 3. The zero-order valence-electron chi connectivity index (χ0n) is 17.4. The van der Waals surface area contributed by atoms with Gasteiger partial charge in [-0.1, -0.05) is 58.1 Å². The molecule has 6 nitrogen and oxygen atoms in total. The summed E-state index contributed by atoms with van der Waals surface area (Å²) in [4.78, 5) is 22.7. The summed E-state index contributed by atoms with van der Waals surface area (Å²) in [6, 6.07) is 6.07. The number of non-ortho nitro benzene ring substituents is 1. The Bertz CT molecular complexity index is 867. The highest BCUT2D eigenvalue weighted by Crippen LogP contribution is 2.30. The van der Waals surface area contributed by atoms with Gasteiger partial charge in [0.2, 0.25) is 0 Å². The molecule has 1 fully saturated rings. The third-order valence-corrected chi connectivity index (χ3v) is 4.81. The van der Waals surface area contributed by atoms with Crippen LogP contribution in [0.4, 0.5) is 5.69 Å². The Labute approximate surface area is 171 Å². The lowest BCUT2D eigenvalue weighted by atomic mass is 9.95. The third kappa shape index (κ3) is 6.73. The van der Waals surface area contributed by atoms with Crippen LogP contribution in [0.1, 0.15) is 81.2 Å². The van der Waals surface area contributed by atoms with E-state index < -0.39 is 10.5 Å². The van der Waals surface area contributed by atoms with E-state index in [9.17, 15) is 20.0 Å². The maximum Gasteiger partial charge on any atom is 0.343 e. The Kier molecular flexibility index (Phi) is 8.90. The van der Waals surface area contributed by atoms with E-state index in [1.165, 1.54) is 31.4 Å². The van der Waals surface area contributed by atoms with E-state index in [1.54, 1.807) is 12.1 Å². The fourth-order valence-electron chi connectivity index (χ4n) is 3.19. The lowest BCUT2D eigenvalue weighted by Gasteiger charge is -2.15. The van der Waals surface area contributed by atoms with Crippen LogP contribution in [0.2, 0.25) is 0 Å². The van der Waals surface area contributed by atoms with Crippen molar-refractivity contribution >= 4 is 5.69 Å². The average Bonchev–Trinajstić information content (AvgIpc) is 3.58. The fourth-order valence-corrected chi connectivity index (χ4v) is 3.19. The number of hydrogen-bond acceptors (Lipinski definition) is 5. The van der Waals surface area contributed by atoms with Crippen molar-refractivity contribution in [1.82, 2.24) is 0 Å². The first-order chi connectivity index (χ1) is 14.1. The minimum Gasteiger partial charge on any atom is -0.507 e. The molecule has 0 saturated heterocycles. The number of nitro benzene ring substituents is 1. The molecule has 158 valence electrons. The monoisotopic (exact) mass is 401 g/mol. The second-order valence-corrected chi connectivity index (χ2v) is 7.20. The molecule has 0 radical (unpaired) electrons. The van der Waals surface area contributed by atoms with Crippen LogP contribution in [0.5, 0.6) is 5.75 Å². The van der Waals surface area contributed by atoms with Crippen LogP contribution < -0.4 is 5.63 Å². The van der Waals surface area contributed by atoms with Gasteiger partial charge in [0.1, 0.15) is 11.5 Å². The van der Waals surface area contributed by atoms with Gasteiger partial charge in [-0.2, -0.15) is 0 Å². The Morgan fingerprint density at radius 2 is 1.66 bits per heavy atom. The number of aryl methyl sites for hydroxylation is 1. The van der Waals surface area contributed by atoms with Crippen LogP contribution >= 0.6 is 0 Å². The highest BCUT2D eigenvalue weighted by molar-refractivity contribution is 5.44. The van der Waals surface area contributed by atoms with E-state index in [0.717, 1.165) is 31.2 Å². The predicted molar refractivity (Wildman–Crippen MR) is 114 cm³/mol. The highest BCUT2D eigenvalue weighted by Gasteiger charge is 2.21. The molecule has 2 aliphatic carbocycles. The lowest BCUT2D eigenvalue weighted by Crippen LogP contribution is -2.14. The lowest BCUT2D eigenvalue weighted by molar-refractivity contribution is -0.384. The molecule has 1 heterocycles. The molecule has 0 unspecified atom stereocenters. The fraction of sp³-hybridized carbons (Fsp3) is 0.522. The summed E-state index contributed by atoms with van der Waals surface area (Å²) >= 11 is 0. The Morgan fingerprint density at radius 3 is 2.28 bits per heavy atom. The second kappa shape index (κ2) is 11.4. The van der Waals surface area contributed by atoms with Crippen LogP contribution in [0.3, 0.4) is 0 Å². The van der Waals surface area contributed by atoms with Crippen molar-refractivity contribution in [3.63, 3.8) is 0 Å². The Morgan fingerprint density at radius 1 is 1.03 bits per heavy atom. The largest absolute Gasteiger partial charge is 0.507 e. The summed E-state index contributed by atoms with van der Waals surface area (Å²) in [5.74, 6) is 0.578. The average molecular weight is 402 g/mol. The predicted octanol–water partition coefficient (Wildman–Crippen LogP) is 5.70. The number of aromatic hydroxyl groups is 1. The van der Waals surface area contributed by atoms with Crippen molar-refractivity contribution in [2.75, 3.05) is 0 Å². The molecule has 1 saturated carbocycles. The number of hydrogen-bond donors (Lipinski definition) is 1. The molecule has 0 amide bonds. The minimum absolute atomic E-state index is 0.00495. The topological polar surface area (TPSA) is 93.6 Å². The molecule has 0 atom stereocenters. The van der Waals surface area contributed by atoms with E-state index in [2.05, 4.69) is 0 Å². The van der Waals surface area contributed by atoms with Gasteiger partial charge >= 0.3 is 5.63 Å². The van der Waals surface area contributed by atoms with Gasteiger partial charge in [0.05, 0.1) is 10.5 Å². The van der Waals surface area contributed by atoms with Gasteiger partial charge < -0.3 is 9.52 Å². The first-order valence-electron chi connectivity index (χ1n) is 10.7. The van der Waals surface area contributed by atoms with Crippen LogP contribution in [0, 0.1) is 10.1 Å². The van der Waals surface area contributed by atoms with Gasteiger partial charge in [0.15, 0.2) is 0 Å². The number of nitro groups is 1. The van der Waals surface area contributed by atoms with Gasteiger partial charge in [-0.05, 0) is 24.8 Å². The standard InChI is InChI=1S/C18H19NO5.C3H6.C2H6/c20-17-14-8-3-1-2-4-9-16(14)24-18(21)15(17)11-12-6-5-7-13(10-12)19(22)23;1-2-3-1;1-2/h5-7,10,20H,1-4,8-9,11H2;1-3H2;1-2H3. The molecule has 0 aliphatic heterocycles. The summed E-state index contributed by atoms with van der Waals surface area (Å²) in [6.45, 7) is 4.00. The van der Waals surface area contributed by atoms with E-state index >= 15 is 0 Å². The van der Waals surface area contributed by atoms with Crippen molar-refractivity contribution in [3.05, 3.63) is 67.3 Å². The van der Waals surface area contributed by atoms with Crippen LogP contribution in [-0.2, 0) is 19.3 Å². The molecular formula is C23H31NO5. The molecule has 0 spiro atoms. The third-order valence-electron chi connectivity index (χ3n) is 4.81. The Hall–Kier alpha value is -2.63. The Balaban J connectivity index is 0.000000535. The van der Waals surface area contributed by atoms with Crippen molar-refractivity contribution in [1.29, 1.82) is 0 Å². The van der Waals surface area contributed by atoms with Crippen LogP contribution in [0.25, 0.3) is 0 Å². The summed E-state index contributed by atoms with van der Waals surface area (Å²) in [6.07, 6.45) is 10.0. The molecule has 1 aromatic carbocycles. The molecule has 1 aromatic heterocycles. The number of nitrogens with zero attached hydrogens (tertiary/aromatic N) is 1. The van der Waals surface area contributed by atoms with Crippen molar-refractivity contribution in [3.8, 4) is 5.75 Å². The molecule has 2 aromatic rings. The highest BCUT2D eigenvalue weighted by atomic mass is 16.6. The van der Waals surface area contributed by atoms with Crippen LogP contribution in [0.15, 0.2) is 33.5 Å². The SMILES string of the molecule is C1CC1.CC.O=c1oc2c(c(O)c1Cc1cccc([N+](=O)[O-])c1)CCCCCC2. The van der Waals surface area contributed by atoms with Crippen molar-refractivity contribution < 1.29 is 14.4 Å². The van der Waals surface area contributed by atoms with E-state index in [-0.39, 0.29) is 23.4 Å². The zero-order chi connectivity index (χ0) is 21.2. The van der Waals surface area contributed by atoms with Gasteiger partial charge in [-0.25, -0.2) is 4.79 Å². The van der Waals surface area contributed by atoms with Gasteiger partial charge in [-0.3, -0.25) is 10.1 Å². The maximum absolute atomic E-state index is 12.3. The summed E-state index contributed by atoms with van der Waals surface area (Å²) in [5.41, 5.74) is 0.892. The summed E-state index contributed by atoms with van der Waals surface area (Å²) in [5, 5.41) is 21.5. The molecular weight excluding hydrogens is 370 g/mol. The normalized spacial score (nSPS) is 14.7. The summed E-state index contributed by atoms with van der Waals surface area (Å²) < 4.78 is 5.45. The zero-order valence-corrected chi connectivity index (χ0v) is 17.4. The first kappa shape index (κ1) is 22.7. The first-order valence-corrected chi connectivity index (χ1v) is 10.7. The molecule has 0 bridgehead atoms. The second-order valence-electron chi connectivity index (χ2n) is 7.20. The molecule has 1 N–H and O–H groups in total. The number of benzene rings is 1. The minimum atomic E-state index is -0.557. The van der Waals surface area contributed by atoms with Gasteiger partial charge in [-0.15, -0.1) is 0 Å². The summed E-state index contributed by atoms with van der Waals surface area (Å²) in [7, 11) is 0. The van der Waals surface area contributed by atoms with Gasteiger partial charge in [0.25, 0.3) is 5.69 Å². The molecule has 29 heavy (non-hydrogen) atoms. The molecule has 6 heteroatoms. The maximum atomic E-state index is 12.3. The van der Waals surface area contributed by atoms with E-state index in [4.69, 9.17) is 4.42 Å². The van der Waals surface area contributed by atoms with Crippen LogP contribution in [-0.4, -0.2) is 10.0 Å². The quantitative estimate of drug-likeness (QED) is 0.526. The molecule has 2 aliphatic rings. The van der Waals surface area contributed by atoms with Crippen molar-refractivity contribution in [2.45, 2.75) is 78.1 Å².